The van der Waals surface area contributed by atoms with Crippen LogP contribution in [0.3, 0.4) is 0 Å². The maximum atomic E-state index is 12.2. The van der Waals surface area contributed by atoms with Gasteiger partial charge < -0.3 is 25.0 Å². The number of aliphatic imine (C=N–C) groups is 1. The number of nitrogens with zero attached hydrogens (tertiary/aromatic N) is 2. The first-order chi connectivity index (χ1) is 13.3. The average molecular weight is 389 g/mol. The van der Waals surface area contributed by atoms with Crippen molar-refractivity contribution < 1.29 is 14.3 Å². The Balaban J connectivity index is 1.48. The number of carbonyl (C=O) groups is 1. The number of hydrogen-bond donors (Lipinski definition) is 2. The number of ether oxygens (including phenoxy) is 2. The molecule has 1 aromatic carbocycles. The van der Waals surface area contributed by atoms with Crippen molar-refractivity contribution >= 4 is 17.6 Å². The molecule has 2 unspecified atom stereocenters. The number of benzene rings is 1. The summed E-state index contributed by atoms with van der Waals surface area (Å²) in [5.41, 5.74) is 0.744. The lowest BCUT2D eigenvalue weighted by molar-refractivity contribution is -0.176. The van der Waals surface area contributed by atoms with E-state index in [9.17, 15) is 4.79 Å². The van der Waals surface area contributed by atoms with E-state index in [2.05, 4.69) is 36.4 Å². The lowest BCUT2D eigenvalue weighted by Crippen LogP contribution is -2.69. The lowest BCUT2D eigenvalue weighted by Gasteiger charge is -2.59. The van der Waals surface area contributed by atoms with Crippen molar-refractivity contribution in [3.8, 4) is 5.75 Å². The predicted octanol–water partition coefficient (Wildman–Crippen LogP) is 2.17. The molecule has 7 nitrogen and oxygen atoms in total. The predicted molar refractivity (Wildman–Crippen MR) is 111 cm³/mol. The number of hydrogen-bond acceptors (Lipinski definition) is 4. The van der Waals surface area contributed by atoms with Crippen LogP contribution in [0, 0.1) is 5.41 Å². The molecule has 154 valence electrons. The molecule has 1 fully saturated rings. The van der Waals surface area contributed by atoms with Crippen LogP contribution in [0.15, 0.2) is 29.3 Å². The van der Waals surface area contributed by atoms with Crippen molar-refractivity contribution in [2.45, 2.75) is 45.3 Å². The zero-order valence-corrected chi connectivity index (χ0v) is 17.5. The largest absolute Gasteiger partial charge is 0.482 e. The lowest BCUT2D eigenvalue weighted by atomic mass is 9.56. The van der Waals surface area contributed by atoms with E-state index >= 15 is 0 Å². The van der Waals surface area contributed by atoms with Crippen LogP contribution < -0.4 is 20.3 Å². The van der Waals surface area contributed by atoms with Crippen LogP contribution in [-0.2, 0) is 9.53 Å². The van der Waals surface area contributed by atoms with E-state index in [1.165, 1.54) is 0 Å². The monoisotopic (exact) mass is 388 g/mol. The zero-order chi connectivity index (χ0) is 20.4. The molecule has 1 aromatic rings. The average Bonchev–Trinajstić information content (AvgIpc) is 2.70. The first-order valence-electron chi connectivity index (χ1n) is 9.87. The van der Waals surface area contributed by atoms with Crippen LogP contribution in [0.1, 0.15) is 33.6 Å². The Morgan fingerprint density at radius 2 is 2.11 bits per heavy atom. The molecule has 1 aliphatic carbocycles. The molecule has 0 radical (unpaired) electrons. The molecular formula is C21H32N4O3. The number of methoxy groups -OCH3 is 1. The fourth-order valence-corrected chi connectivity index (χ4v) is 3.93. The molecular weight excluding hydrogens is 356 g/mol. The fraction of sp³-hybridized carbons (Fsp3) is 0.619. The van der Waals surface area contributed by atoms with E-state index in [1.54, 1.807) is 19.1 Å². The Bertz CT molecular complexity index is 749. The molecule has 1 aliphatic heterocycles. The summed E-state index contributed by atoms with van der Waals surface area (Å²) in [5, 5.41) is 6.86. The molecule has 1 amide bonds. The molecule has 0 saturated heterocycles. The number of guanidine groups is 1. The van der Waals surface area contributed by atoms with Gasteiger partial charge in [-0.3, -0.25) is 9.79 Å². The molecule has 2 aliphatic rings. The number of carbonyl (C=O) groups excluding carboxylic acids is 1. The van der Waals surface area contributed by atoms with Gasteiger partial charge in [0.1, 0.15) is 5.75 Å². The second kappa shape index (κ2) is 7.99. The zero-order valence-electron chi connectivity index (χ0n) is 17.5. The normalized spacial score (nSPS) is 26.2. The molecule has 0 aromatic heterocycles. The molecule has 1 saturated carbocycles. The van der Waals surface area contributed by atoms with E-state index in [4.69, 9.17) is 9.47 Å². The quantitative estimate of drug-likeness (QED) is 0.444. The smallest absolute Gasteiger partial charge is 0.265 e. The highest BCUT2D eigenvalue weighted by Crippen LogP contribution is 2.51. The minimum Gasteiger partial charge on any atom is -0.482 e. The van der Waals surface area contributed by atoms with Gasteiger partial charge in [0.15, 0.2) is 12.6 Å². The SMILES string of the molecule is CN=C(NCCCN1C(=O)COc2ccccc21)NC1CC(C)(OC)C1(C)C. The molecule has 28 heavy (non-hydrogen) atoms. The number of fused-ring (bicyclic) bond motifs is 1. The van der Waals surface area contributed by atoms with Crippen molar-refractivity contribution in [3.05, 3.63) is 24.3 Å². The number of amides is 1. The van der Waals surface area contributed by atoms with Crippen molar-refractivity contribution in [2.24, 2.45) is 10.4 Å². The van der Waals surface area contributed by atoms with Gasteiger partial charge >= 0.3 is 0 Å². The van der Waals surface area contributed by atoms with Crippen molar-refractivity contribution in [2.75, 3.05) is 38.8 Å². The summed E-state index contributed by atoms with van der Waals surface area (Å²) in [4.78, 5) is 18.4. The third kappa shape index (κ3) is 3.68. The van der Waals surface area contributed by atoms with Gasteiger partial charge in [0.25, 0.3) is 5.91 Å². The fourth-order valence-electron chi connectivity index (χ4n) is 3.93. The maximum absolute atomic E-state index is 12.2. The highest BCUT2D eigenvalue weighted by Gasteiger charge is 2.58. The van der Waals surface area contributed by atoms with Gasteiger partial charge in [0.05, 0.1) is 11.3 Å². The minimum absolute atomic E-state index is 0.00345. The second-order valence-corrected chi connectivity index (χ2v) is 8.21. The summed E-state index contributed by atoms with van der Waals surface area (Å²) in [6.45, 7) is 8.04. The van der Waals surface area contributed by atoms with E-state index < -0.39 is 0 Å². The van der Waals surface area contributed by atoms with E-state index in [1.807, 2.05) is 24.3 Å². The van der Waals surface area contributed by atoms with Crippen molar-refractivity contribution in [1.29, 1.82) is 0 Å². The van der Waals surface area contributed by atoms with Gasteiger partial charge in [-0.15, -0.1) is 0 Å². The molecule has 3 rings (SSSR count). The van der Waals surface area contributed by atoms with Crippen LogP contribution in [0.2, 0.25) is 0 Å². The van der Waals surface area contributed by atoms with Crippen LogP contribution in [-0.4, -0.2) is 57.4 Å². The Labute approximate surface area is 167 Å². The van der Waals surface area contributed by atoms with Crippen LogP contribution in [0.5, 0.6) is 5.75 Å². The van der Waals surface area contributed by atoms with Gasteiger partial charge in [-0.1, -0.05) is 26.0 Å². The van der Waals surface area contributed by atoms with E-state index in [0.29, 0.717) is 12.6 Å². The van der Waals surface area contributed by atoms with Gasteiger partial charge in [-0.25, -0.2) is 0 Å². The molecule has 2 atom stereocenters. The van der Waals surface area contributed by atoms with Gasteiger partial charge in [-0.2, -0.15) is 0 Å². The second-order valence-electron chi connectivity index (χ2n) is 8.21. The first-order valence-corrected chi connectivity index (χ1v) is 9.87. The topological polar surface area (TPSA) is 75.2 Å². The number of rotatable bonds is 6. The third-order valence-corrected chi connectivity index (χ3v) is 6.47. The summed E-state index contributed by atoms with van der Waals surface area (Å²) in [7, 11) is 3.55. The Morgan fingerprint density at radius 3 is 2.79 bits per heavy atom. The highest BCUT2D eigenvalue weighted by atomic mass is 16.5. The summed E-state index contributed by atoms with van der Waals surface area (Å²) in [6.07, 6.45) is 1.75. The van der Waals surface area contributed by atoms with Crippen LogP contribution in [0.4, 0.5) is 5.69 Å². The molecule has 2 N–H and O–H groups in total. The first kappa shape index (κ1) is 20.5. The molecule has 7 heteroatoms. The van der Waals surface area contributed by atoms with Gasteiger partial charge in [-0.05, 0) is 31.9 Å². The van der Waals surface area contributed by atoms with E-state index in [-0.39, 0.29) is 23.5 Å². The van der Waals surface area contributed by atoms with Crippen LogP contribution in [0.25, 0.3) is 0 Å². The molecule has 1 heterocycles. The number of anilines is 1. The van der Waals surface area contributed by atoms with Crippen molar-refractivity contribution in [1.82, 2.24) is 10.6 Å². The molecule has 0 spiro atoms. The summed E-state index contributed by atoms with van der Waals surface area (Å²) in [6, 6.07) is 7.96. The standard InChI is InChI=1S/C21H32N4O3/c1-20(2)17(13-21(20,3)27-5)24-19(22-4)23-11-8-12-25-15-9-6-7-10-16(15)28-14-18(25)26/h6-7,9-10,17H,8,11-14H2,1-5H3,(H2,22,23,24). The van der Waals surface area contributed by atoms with Crippen LogP contribution >= 0.6 is 0 Å². The Kier molecular flexibility index (Phi) is 5.84. The Hall–Kier alpha value is -2.28. The van der Waals surface area contributed by atoms with E-state index in [0.717, 1.165) is 36.8 Å². The summed E-state index contributed by atoms with van der Waals surface area (Å²) < 4.78 is 11.2. The third-order valence-electron chi connectivity index (χ3n) is 6.47. The van der Waals surface area contributed by atoms with Crippen molar-refractivity contribution in [3.63, 3.8) is 0 Å². The number of nitrogens with one attached hydrogen (secondary N) is 2. The minimum atomic E-state index is -0.117. The summed E-state index contributed by atoms with van der Waals surface area (Å²) >= 11 is 0. The Morgan fingerprint density at radius 1 is 1.36 bits per heavy atom. The highest BCUT2D eigenvalue weighted by molar-refractivity contribution is 5.97. The number of para-hydroxylation sites is 2. The maximum Gasteiger partial charge on any atom is 0.265 e. The molecule has 0 bridgehead atoms. The van der Waals surface area contributed by atoms with Gasteiger partial charge in [0, 0.05) is 38.7 Å². The van der Waals surface area contributed by atoms with Gasteiger partial charge in [0.2, 0.25) is 0 Å². The summed E-state index contributed by atoms with van der Waals surface area (Å²) in [5.74, 6) is 1.54.